The van der Waals surface area contributed by atoms with Gasteiger partial charge in [0.05, 0.1) is 23.6 Å². The molecular weight excluding hydrogens is 438 g/mol. The van der Waals surface area contributed by atoms with Crippen molar-refractivity contribution in [1.82, 2.24) is 9.78 Å². The molecule has 0 aliphatic heterocycles. The van der Waals surface area contributed by atoms with Crippen LogP contribution in [-0.4, -0.2) is 15.7 Å². The molecule has 7 heteroatoms. The molecule has 2 aromatic carbocycles. The number of rotatable bonds is 7. The van der Waals surface area contributed by atoms with Crippen molar-refractivity contribution in [2.24, 2.45) is 0 Å². The molecule has 0 aliphatic rings. The highest BCUT2D eigenvalue weighted by atomic mass is 35.5. The SMILES string of the molecule is Cc1cccc(Cn2nc(C)c(NC(=O)c3ccc(COc4ccc(Cl)cc4C)o3)c2C)c1. The normalized spacial score (nSPS) is 10.9. The van der Waals surface area contributed by atoms with Gasteiger partial charge in [-0.1, -0.05) is 41.4 Å². The van der Waals surface area contributed by atoms with Gasteiger partial charge >= 0.3 is 0 Å². The van der Waals surface area contributed by atoms with Crippen LogP contribution in [0.25, 0.3) is 0 Å². The molecule has 0 atom stereocenters. The second-order valence-corrected chi connectivity index (χ2v) is 8.55. The van der Waals surface area contributed by atoms with Gasteiger partial charge in [0.2, 0.25) is 0 Å². The van der Waals surface area contributed by atoms with Gasteiger partial charge < -0.3 is 14.5 Å². The van der Waals surface area contributed by atoms with Crippen LogP contribution >= 0.6 is 11.6 Å². The van der Waals surface area contributed by atoms with E-state index in [4.69, 9.17) is 20.8 Å². The van der Waals surface area contributed by atoms with Crippen LogP contribution in [0.5, 0.6) is 5.75 Å². The maximum absolute atomic E-state index is 12.8. The van der Waals surface area contributed by atoms with Gasteiger partial charge in [0.15, 0.2) is 5.76 Å². The van der Waals surface area contributed by atoms with Gasteiger partial charge in [-0.3, -0.25) is 9.48 Å². The second-order valence-electron chi connectivity index (χ2n) is 8.11. The van der Waals surface area contributed by atoms with Crippen molar-refractivity contribution < 1.29 is 13.9 Å². The molecule has 1 N–H and O–H groups in total. The molecule has 2 heterocycles. The van der Waals surface area contributed by atoms with Gasteiger partial charge in [0.25, 0.3) is 5.91 Å². The van der Waals surface area contributed by atoms with E-state index in [-0.39, 0.29) is 18.3 Å². The van der Waals surface area contributed by atoms with E-state index in [1.54, 1.807) is 18.2 Å². The summed E-state index contributed by atoms with van der Waals surface area (Å²) in [6, 6.07) is 17.1. The second kappa shape index (κ2) is 9.55. The lowest BCUT2D eigenvalue weighted by atomic mass is 10.1. The Kier molecular flexibility index (Phi) is 6.56. The first-order valence-corrected chi connectivity index (χ1v) is 11.1. The van der Waals surface area contributed by atoms with Crippen LogP contribution in [0, 0.1) is 27.7 Å². The zero-order chi connectivity index (χ0) is 23.5. The Morgan fingerprint density at radius 1 is 1.09 bits per heavy atom. The average Bonchev–Trinajstić information content (AvgIpc) is 3.34. The summed E-state index contributed by atoms with van der Waals surface area (Å²) in [7, 11) is 0. The molecule has 0 fully saturated rings. The molecule has 4 aromatic rings. The first-order chi connectivity index (χ1) is 15.8. The maximum atomic E-state index is 12.8. The lowest BCUT2D eigenvalue weighted by molar-refractivity contribution is 0.0992. The number of nitrogens with one attached hydrogen (secondary N) is 1. The van der Waals surface area contributed by atoms with Crippen molar-refractivity contribution in [2.45, 2.75) is 40.8 Å². The van der Waals surface area contributed by atoms with Gasteiger partial charge in [-0.25, -0.2) is 0 Å². The van der Waals surface area contributed by atoms with Crippen molar-refractivity contribution in [3.63, 3.8) is 0 Å². The molecule has 6 nitrogen and oxygen atoms in total. The Morgan fingerprint density at radius 3 is 2.67 bits per heavy atom. The quantitative estimate of drug-likeness (QED) is 0.352. The fourth-order valence-electron chi connectivity index (χ4n) is 3.69. The standard InChI is InChI=1S/C26H26ClN3O3/c1-16-6-5-7-20(12-16)14-30-19(4)25(18(3)29-30)28-26(31)24-11-9-22(33-24)15-32-23-10-8-21(27)13-17(23)2/h5-13H,14-15H2,1-4H3,(H,28,31). The largest absolute Gasteiger partial charge is 0.485 e. The molecular formula is C26H26ClN3O3. The van der Waals surface area contributed by atoms with Crippen LogP contribution < -0.4 is 10.1 Å². The van der Waals surface area contributed by atoms with E-state index in [9.17, 15) is 4.79 Å². The number of furan rings is 1. The van der Waals surface area contributed by atoms with Gasteiger partial charge in [-0.05, 0) is 69.2 Å². The number of ether oxygens (including phenoxy) is 1. The predicted octanol–water partition coefficient (Wildman–Crippen LogP) is 6.24. The zero-order valence-corrected chi connectivity index (χ0v) is 19.9. The first kappa shape index (κ1) is 22.7. The van der Waals surface area contributed by atoms with Gasteiger partial charge in [-0.2, -0.15) is 5.10 Å². The fourth-order valence-corrected chi connectivity index (χ4v) is 3.92. The average molecular weight is 464 g/mol. The van der Waals surface area contributed by atoms with Crippen LogP contribution in [-0.2, 0) is 13.2 Å². The number of aromatic nitrogens is 2. The van der Waals surface area contributed by atoms with E-state index < -0.39 is 0 Å². The van der Waals surface area contributed by atoms with Crippen molar-refractivity contribution in [2.75, 3.05) is 5.32 Å². The first-order valence-electron chi connectivity index (χ1n) is 10.7. The summed E-state index contributed by atoms with van der Waals surface area (Å²) in [4.78, 5) is 12.8. The summed E-state index contributed by atoms with van der Waals surface area (Å²) in [5, 5.41) is 8.21. The van der Waals surface area contributed by atoms with E-state index in [2.05, 4.69) is 35.5 Å². The van der Waals surface area contributed by atoms with E-state index in [0.29, 0.717) is 28.8 Å². The number of nitrogens with zero attached hydrogens (tertiary/aromatic N) is 2. The van der Waals surface area contributed by atoms with E-state index in [1.807, 2.05) is 43.7 Å². The van der Waals surface area contributed by atoms with Gasteiger partial charge in [-0.15, -0.1) is 0 Å². The van der Waals surface area contributed by atoms with Crippen LogP contribution in [0.4, 0.5) is 5.69 Å². The lowest BCUT2D eigenvalue weighted by Crippen LogP contribution is -2.12. The summed E-state index contributed by atoms with van der Waals surface area (Å²) in [6.07, 6.45) is 0. The molecule has 0 saturated heterocycles. The van der Waals surface area contributed by atoms with Crippen molar-refractivity contribution in [3.8, 4) is 5.75 Å². The zero-order valence-electron chi connectivity index (χ0n) is 19.1. The minimum absolute atomic E-state index is 0.211. The highest BCUT2D eigenvalue weighted by molar-refractivity contribution is 6.30. The highest BCUT2D eigenvalue weighted by Gasteiger charge is 2.18. The van der Waals surface area contributed by atoms with Crippen LogP contribution in [0.2, 0.25) is 5.02 Å². The molecule has 0 unspecified atom stereocenters. The number of carbonyl (C=O) groups excluding carboxylic acids is 1. The number of benzene rings is 2. The Morgan fingerprint density at radius 2 is 1.91 bits per heavy atom. The molecule has 0 radical (unpaired) electrons. The lowest BCUT2D eigenvalue weighted by Gasteiger charge is -2.08. The Bertz CT molecular complexity index is 1310. The highest BCUT2D eigenvalue weighted by Crippen LogP contribution is 2.24. The monoisotopic (exact) mass is 463 g/mol. The number of halogens is 1. The maximum Gasteiger partial charge on any atom is 0.291 e. The molecule has 1 amide bonds. The number of hydrogen-bond acceptors (Lipinski definition) is 4. The number of anilines is 1. The predicted molar refractivity (Wildman–Crippen MR) is 129 cm³/mol. The molecule has 0 aliphatic carbocycles. The molecule has 0 bridgehead atoms. The summed E-state index contributed by atoms with van der Waals surface area (Å²) < 4.78 is 13.4. The van der Waals surface area contributed by atoms with Crippen molar-refractivity contribution in [1.29, 1.82) is 0 Å². The smallest absolute Gasteiger partial charge is 0.291 e. The summed E-state index contributed by atoms with van der Waals surface area (Å²) in [5.41, 5.74) is 5.62. The van der Waals surface area contributed by atoms with E-state index >= 15 is 0 Å². The fraction of sp³-hybridized carbons (Fsp3) is 0.231. The molecule has 0 saturated carbocycles. The third kappa shape index (κ3) is 5.29. The Balaban J connectivity index is 1.42. The summed E-state index contributed by atoms with van der Waals surface area (Å²) >= 11 is 5.98. The Labute approximate surface area is 198 Å². The van der Waals surface area contributed by atoms with Crippen LogP contribution in [0.15, 0.2) is 59.0 Å². The van der Waals surface area contributed by atoms with Crippen molar-refractivity contribution >= 4 is 23.2 Å². The number of carbonyl (C=O) groups is 1. The number of hydrogen-bond donors (Lipinski definition) is 1. The van der Waals surface area contributed by atoms with Gasteiger partial charge in [0, 0.05) is 5.02 Å². The van der Waals surface area contributed by atoms with Crippen LogP contribution in [0.3, 0.4) is 0 Å². The third-order valence-electron chi connectivity index (χ3n) is 5.43. The molecule has 33 heavy (non-hydrogen) atoms. The van der Waals surface area contributed by atoms with Gasteiger partial charge in [0.1, 0.15) is 18.1 Å². The van der Waals surface area contributed by atoms with Crippen molar-refractivity contribution in [3.05, 3.63) is 99.2 Å². The Hall–Kier alpha value is -3.51. The molecule has 170 valence electrons. The summed E-state index contributed by atoms with van der Waals surface area (Å²) in [6.45, 7) is 8.66. The molecule has 2 aromatic heterocycles. The van der Waals surface area contributed by atoms with Crippen LogP contribution in [0.1, 0.15) is 44.4 Å². The third-order valence-corrected chi connectivity index (χ3v) is 5.66. The molecule has 0 spiro atoms. The number of amides is 1. The van der Waals surface area contributed by atoms with E-state index in [1.165, 1.54) is 5.56 Å². The molecule has 4 rings (SSSR count). The summed E-state index contributed by atoms with van der Waals surface area (Å²) in [5.74, 6) is 1.16. The minimum Gasteiger partial charge on any atom is -0.485 e. The topological polar surface area (TPSA) is 69.3 Å². The minimum atomic E-state index is -0.328. The number of aryl methyl sites for hydroxylation is 3. The van der Waals surface area contributed by atoms with E-state index in [0.717, 1.165) is 22.5 Å².